The van der Waals surface area contributed by atoms with Crippen molar-refractivity contribution in [3.63, 3.8) is 0 Å². The first-order chi connectivity index (χ1) is 6.81. The fourth-order valence-corrected chi connectivity index (χ4v) is 3.26. The molecule has 2 aliphatic rings. The van der Waals surface area contributed by atoms with Crippen LogP contribution >= 0.6 is 22.9 Å². The lowest BCUT2D eigenvalue weighted by molar-refractivity contribution is 0.465. The van der Waals surface area contributed by atoms with Gasteiger partial charge in [-0.3, -0.25) is 0 Å². The third kappa shape index (κ3) is 1.51. The average Bonchev–Trinajstić information content (AvgIpc) is 2.73. The van der Waals surface area contributed by atoms with Crippen LogP contribution in [0, 0.1) is 0 Å². The van der Waals surface area contributed by atoms with Crippen LogP contribution in [0.25, 0.3) is 0 Å². The SMILES string of the molecule is Clc1cnc(N2CC3CCC(C2)N3)s1. The Morgan fingerprint density at radius 2 is 2.14 bits per heavy atom. The minimum absolute atomic E-state index is 0.663. The van der Waals surface area contributed by atoms with Crippen LogP contribution in [-0.2, 0) is 0 Å². The summed E-state index contributed by atoms with van der Waals surface area (Å²) in [5.41, 5.74) is 0. The smallest absolute Gasteiger partial charge is 0.186 e. The van der Waals surface area contributed by atoms with Gasteiger partial charge in [0.25, 0.3) is 0 Å². The summed E-state index contributed by atoms with van der Waals surface area (Å²) < 4.78 is 0.783. The van der Waals surface area contributed by atoms with Crippen LogP contribution in [0.3, 0.4) is 0 Å². The highest BCUT2D eigenvalue weighted by Crippen LogP contribution is 2.30. The fourth-order valence-electron chi connectivity index (χ4n) is 2.35. The molecule has 0 amide bonds. The first kappa shape index (κ1) is 8.95. The van der Waals surface area contributed by atoms with Crippen LogP contribution in [0.2, 0.25) is 4.34 Å². The summed E-state index contributed by atoms with van der Waals surface area (Å²) in [5.74, 6) is 0. The summed E-state index contributed by atoms with van der Waals surface area (Å²) in [6.45, 7) is 2.17. The Kier molecular flexibility index (Phi) is 2.15. The maximum atomic E-state index is 5.88. The van der Waals surface area contributed by atoms with Crippen LogP contribution in [0.5, 0.6) is 0 Å². The summed E-state index contributed by atoms with van der Waals surface area (Å²) in [6, 6.07) is 1.33. The van der Waals surface area contributed by atoms with Crippen LogP contribution in [0.1, 0.15) is 12.8 Å². The molecule has 0 spiro atoms. The van der Waals surface area contributed by atoms with Gasteiger partial charge in [0, 0.05) is 25.2 Å². The molecule has 1 aromatic rings. The number of nitrogens with one attached hydrogen (secondary N) is 1. The second-order valence-electron chi connectivity index (χ2n) is 3.99. The number of nitrogens with zero attached hydrogens (tertiary/aromatic N) is 2. The predicted molar refractivity (Wildman–Crippen MR) is 59.3 cm³/mol. The van der Waals surface area contributed by atoms with Crippen molar-refractivity contribution in [2.24, 2.45) is 0 Å². The molecule has 3 rings (SSSR count). The zero-order valence-corrected chi connectivity index (χ0v) is 9.31. The second kappa shape index (κ2) is 3.36. The first-order valence-corrected chi connectivity index (χ1v) is 6.13. The Hall–Kier alpha value is -0.320. The molecular formula is C9H12ClN3S. The molecule has 2 fully saturated rings. The highest BCUT2D eigenvalue weighted by molar-refractivity contribution is 7.19. The Morgan fingerprint density at radius 3 is 2.71 bits per heavy atom. The van der Waals surface area contributed by atoms with Crippen LogP contribution < -0.4 is 10.2 Å². The number of anilines is 1. The number of halogens is 1. The number of piperazine rings is 1. The Balaban J connectivity index is 1.80. The fraction of sp³-hybridized carbons (Fsp3) is 0.667. The van der Waals surface area contributed by atoms with E-state index in [0.29, 0.717) is 12.1 Å². The molecule has 0 saturated carbocycles. The van der Waals surface area contributed by atoms with Crippen molar-refractivity contribution in [3.8, 4) is 0 Å². The lowest BCUT2D eigenvalue weighted by atomic mass is 10.2. The first-order valence-electron chi connectivity index (χ1n) is 4.93. The van der Waals surface area contributed by atoms with E-state index in [1.54, 1.807) is 17.5 Å². The third-order valence-corrected chi connectivity index (χ3v) is 4.13. The molecule has 3 nitrogen and oxygen atoms in total. The Labute approximate surface area is 92.1 Å². The number of rotatable bonds is 1. The summed E-state index contributed by atoms with van der Waals surface area (Å²) in [4.78, 5) is 6.68. The summed E-state index contributed by atoms with van der Waals surface area (Å²) in [7, 11) is 0. The van der Waals surface area contributed by atoms with E-state index < -0.39 is 0 Å². The van der Waals surface area contributed by atoms with E-state index in [1.807, 2.05) is 0 Å². The molecule has 1 N–H and O–H groups in total. The normalized spacial score (nSPS) is 31.1. The maximum Gasteiger partial charge on any atom is 0.186 e. The molecule has 5 heteroatoms. The van der Waals surface area contributed by atoms with Gasteiger partial charge in [0.15, 0.2) is 5.13 Å². The lowest BCUT2D eigenvalue weighted by Gasteiger charge is -2.32. The standard InChI is InChI=1S/C9H12ClN3S/c10-8-3-11-9(14-8)13-4-6-1-2-7(5-13)12-6/h3,6-7,12H,1-2,4-5H2. The minimum Gasteiger partial charge on any atom is -0.345 e. The molecule has 0 aliphatic carbocycles. The van der Waals surface area contributed by atoms with Gasteiger partial charge in [0.2, 0.25) is 0 Å². The van der Waals surface area contributed by atoms with Crippen LogP contribution in [-0.4, -0.2) is 30.2 Å². The van der Waals surface area contributed by atoms with Crippen LogP contribution in [0.15, 0.2) is 6.20 Å². The quantitative estimate of drug-likeness (QED) is 0.795. The highest BCUT2D eigenvalue weighted by Gasteiger charge is 2.32. The lowest BCUT2D eigenvalue weighted by Crippen LogP contribution is -2.51. The van der Waals surface area contributed by atoms with Gasteiger partial charge in [0.05, 0.1) is 6.20 Å². The molecule has 76 valence electrons. The molecule has 0 aromatic carbocycles. The van der Waals surface area contributed by atoms with Crippen molar-refractivity contribution in [1.82, 2.24) is 10.3 Å². The van der Waals surface area contributed by atoms with E-state index in [2.05, 4.69) is 15.2 Å². The number of thiazole rings is 1. The van der Waals surface area contributed by atoms with Gasteiger partial charge in [-0.25, -0.2) is 4.98 Å². The summed E-state index contributed by atoms with van der Waals surface area (Å²) in [5, 5.41) is 4.68. The van der Waals surface area contributed by atoms with E-state index in [1.165, 1.54) is 12.8 Å². The zero-order chi connectivity index (χ0) is 9.54. The maximum absolute atomic E-state index is 5.88. The average molecular weight is 230 g/mol. The van der Waals surface area contributed by atoms with Crippen molar-refractivity contribution in [2.45, 2.75) is 24.9 Å². The molecule has 2 unspecified atom stereocenters. The molecule has 2 saturated heterocycles. The monoisotopic (exact) mass is 229 g/mol. The van der Waals surface area contributed by atoms with E-state index in [4.69, 9.17) is 11.6 Å². The zero-order valence-electron chi connectivity index (χ0n) is 7.74. The van der Waals surface area contributed by atoms with Gasteiger partial charge in [-0.05, 0) is 12.8 Å². The minimum atomic E-state index is 0.663. The van der Waals surface area contributed by atoms with Crippen molar-refractivity contribution in [1.29, 1.82) is 0 Å². The molecule has 3 heterocycles. The van der Waals surface area contributed by atoms with Crippen molar-refractivity contribution < 1.29 is 0 Å². The predicted octanol–water partition coefficient (Wildman–Crippen LogP) is 1.74. The summed E-state index contributed by atoms with van der Waals surface area (Å²) in [6.07, 6.45) is 4.35. The molecule has 2 aliphatic heterocycles. The van der Waals surface area contributed by atoms with E-state index in [9.17, 15) is 0 Å². The Morgan fingerprint density at radius 1 is 1.43 bits per heavy atom. The third-order valence-electron chi connectivity index (χ3n) is 2.95. The van der Waals surface area contributed by atoms with Crippen LogP contribution in [0.4, 0.5) is 5.13 Å². The second-order valence-corrected chi connectivity index (χ2v) is 5.63. The molecular weight excluding hydrogens is 218 g/mol. The molecule has 1 aromatic heterocycles. The number of fused-ring (bicyclic) bond motifs is 2. The highest BCUT2D eigenvalue weighted by atomic mass is 35.5. The molecule has 14 heavy (non-hydrogen) atoms. The Bertz CT molecular complexity index is 329. The number of hydrogen-bond acceptors (Lipinski definition) is 4. The molecule has 2 bridgehead atoms. The van der Waals surface area contributed by atoms with E-state index in [0.717, 1.165) is 22.6 Å². The molecule has 0 radical (unpaired) electrons. The van der Waals surface area contributed by atoms with Crippen molar-refractivity contribution in [3.05, 3.63) is 10.5 Å². The molecule has 2 atom stereocenters. The van der Waals surface area contributed by atoms with Gasteiger partial charge in [-0.2, -0.15) is 0 Å². The largest absolute Gasteiger partial charge is 0.345 e. The summed E-state index contributed by atoms with van der Waals surface area (Å²) >= 11 is 7.46. The van der Waals surface area contributed by atoms with E-state index >= 15 is 0 Å². The topological polar surface area (TPSA) is 28.2 Å². The van der Waals surface area contributed by atoms with Gasteiger partial charge >= 0.3 is 0 Å². The van der Waals surface area contributed by atoms with Gasteiger partial charge in [-0.15, -0.1) is 0 Å². The number of aromatic nitrogens is 1. The van der Waals surface area contributed by atoms with Crippen molar-refractivity contribution >= 4 is 28.1 Å². The van der Waals surface area contributed by atoms with Gasteiger partial charge < -0.3 is 10.2 Å². The number of hydrogen-bond donors (Lipinski definition) is 1. The van der Waals surface area contributed by atoms with Crippen molar-refractivity contribution in [2.75, 3.05) is 18.0 Å². The van der Waals surface area contributed by atoms with Gasteiger partial charge in [0.1, 0.15) is 4.34 Å². The van der Waals surface area contributed by atoms with Gasteiger partial charge in [-0.1, -0.05) is 22.9 Å². The van der Waals surface area contributed by atoms with E-state index in [-0.39, 0.29) is 0 Å².